The number of nitrogens with one attached hydrogen (secondary N) is 1. The Labute approximate surface area is 119 Å². The summed E-state index contributed by atoms with van der Waals surface area (Å²) in [5.41, 5.74) is 5.54. The van der Waals surface area contributed by atoms with Gasteiger partial charge in [-0.3, -0.25) is 0 Å². The van der Waals surface area contributed by atoms with Crippen molar-refractivity contribution in [2.45, 2.75) is 50.0 Å². The van der Waals surface area contributed by atoms with Gasteiger partial charge >= 0.3 is 0 Å². The number of nitrogens with two attached hydrogens (primary N) is 1. The lowest BCUT2D eigenvalue weighted by Crippen LogP contribution is -2.37. The first kappa shape index (κ1) is 15.3. The molecule has 0 spiro atoms. The first-order valence-corrected chi connectivity index (χ1v) is 8.48. The monoisotopic (exact) mass is 300 g/mol. The predicted octanol–water partition coefficient (Wildman–Crippen LogP) is 2.66. The molecule has 1 aliphatic rings. The summed E-state index contributed by atoms with van der Waals surface area (Å²) in [6.45, 7) is 2.16. The van der Waals surface area contributed by atoms with Gasteiger partial charge in [0.1, 0.15) is 10.7 Å². The summed E-state index contributed by atoms with van der Waals surface area (Å²) in [5, 5.41) is 0. The Morgan fingerprint density at radius 2 is 1.95 bits per heavy atom. The zero-order chi connectivity index (χ0) is 14.8. The average Bonchev–Trinajstić information content (AvgIpc) is 2.38. The lowest BCUT2D eigenvalue weighted by atomic mass is 9.85. The topological polar surface area (TPSA) is 72.2 Å². The number of sulfonamides is 1. The van der Waals surface area contributed by atoms with Gasteiger partial charge in [0.05, 0.1) is 5.69 Å². The van der Waals surface area contributed by atoms with Crippen molar-refractivity contribution in [2.24, 2.45) is 5.92 Å². The summed E-state index contributed by atoms with van der Waals surface area (Å²) in [5.74, 6) is 0.163. The van der Waals surface area contributed by atoms with E-state index in [0.717, 1.165) is 44.2 Å². The molecule has 3 N–H and O–H groups in total. The summed E-state index contributed by atoms with van der Waals surface area (Å²) < 4.78 is 40.2. The molecule has 1 saturated carbocycles. The first-order chi connectivity index (χ1) is 9.42. The van der Waals surface area contributed by atoms with Crippen molar-refractivity contribution >= 4 is 15.7 Å². The molecule has 1 aliphatic carbocycles. The Balaban J connectivity index is 2.08. The van der Waals surface area contributed by atoms with Gasteiger partial charge in [0.2, 0.25) is 10.0 Å². The predicted molar refractivity (Wildman–Crippen MR) is 77.2 cm³/mol. The number of hydrogen-bond acceptors (Lipinski definition) is 3. The summed E-state index contributed by atoms with van der Waals surface area (Å²) in [6, 6.07) is 3.30. The van der Waals surface area contributed by atoms with E-state index in [9.17, 15) is 12.8 Å². The Morgan fingerprint density at radius 1 is 1.30 bits per heavy atom. The van der Waals surface area contributed by atoms with Crippen LogP contribution in [-0.4, -0.2) is 14.5 Å². The van der Waals surface area contributed by atoms with E-state index in [1.54, 1.807) is 0 Å². The highest BCUT2D eigenvalue weighted by atomic mass is 32.2. The fraction of sp³-hybridized carbons (Fsp3) is 0.571. The highest BCUT2D eigenvalue weighted by molar-refractivity contribution is 7.89. The summed E-state index contributed by atoms with van der Waals surface area (Å²) in [7, 11) is -3.67. The SMILES string of the molecule is CCC1CCC(NS(=O)(=O)c2ccc(F)cc2N)CC1. The van der Waals surface area contributed by atoms with E-state index in [-0.39, 0.29) is 16.6 Å². The highest BCUT2D eigenvalue weighted by Crippen LogP contribution is 2.28. The van der Waals surface area contributed by atoms with Gasteiger partial charge < -0.3 is 5.73 Å². The minimum Gasteiger partial charge on any atom is -0.398 e. The minimum atomic E-state index is -3.67. The van der Waals surface area contributed by atoms with Crippen LogP contribution in [0.2, 0.25) is 0 Å². The van der Waals surface area contributed by atoms with Crippen LogP contribution in [0.25, 0.3) is 0 Å². The number of rotatable bonds is 4. The lowest BCUT2D eigenvalue weighted by molar-refractivity contribution is 0.306. The van der Waals surface area contributed by atoms with Crippen LogP contribution in [0, 0.1) is 11.7 Å². The van der Waals surface area contributed by atoms with Crippen molar-refractivity contribution in [1.82, 2.24) is 4.72 Å². The molecule has 0 unspecified atom stereocenters. The van der Waals surface area contributed by atoms with E-state index in [1.807, 2.05) is 0 Å². The molecule has 2 rings (SSSR count). The second kappa shape index (κ2) is 6.10. The third-order valence-corrected chi connectivity index (χ3v) is 5.60. The minimum absolute atomic E-state index is 0.0449. The summed E-state index contributed by atoms with van der Waals surface area (Å²) in [6.07, 6.45) is 4.92. The van der Waals surface area contributed by atoms with Crippen LogP contribution in [0.3, 0.4) is 0 Å². The van der Waals surface area contributed by atoms with Gasteiger partial charge in [-0.15, -0.1) is 0 Å². The quantitative estimate of drug-likeness (QED) is 0.840. The van der Waals surface area contributed by atoms with Gasteiger partial charge in [-0.05, 0) is 49.8 Å². The molecular formula is C14H21FN2O2S. The zero-order valence-corrected chi connectivity index (χ0v) is 12.4. The number of benzene rings is 1. The van der Waals surface area contributed by atoms with E-state index in [0.29, 0.717) is 5.92 Å². The maximum Gasteiger partial charge on any atom is 0.242 e. The van der Waals surface area contributed by atoms with Gasteiger partial charge in [0.15, 0.2) is 0 Å². The smallest absolute Gasteiger partial charge is 0.242 e. The van der Waals surface area contributed by atoms with Gasteiger partial charge in [0, 0.05) is 6.04 Å². The third kappa shape index (κ3) is 3.49. The van der Waals surface area contributed by atoms with E-state index in [4.69, 9.17) is 5.73 Å². The van der Waals surface area contributed by atoms with Crippen molar-refractivity contribution in [2.75, 3.05) is 5.73 Å². The molecule has 6 heteroatoms. The average molecular weight is 300 g/mol. The summed E-state index contributed by atoms with van der Waals surface area (Å²) in [4.78, 5) is -0.0449. The molecule has 0 aliphatic heterocycles. The Kier molecular flexibility index (Phi) is 4.65. The van der Waals surface area contributed by atoms with E-state index in [1.165, 1.54) is 6.07 Å². The molecule has 112 valence electrons. The lowest BCUT2D eigenvalue weighted by Gasteiger charge is -2.28. The summed E-state index contributed by atoms with van der Waals surface area (Å²) >= 11 is 0. The van der Waals surface area contributed by atoms with Gasteiger partial charge in [-0.25, -0.2) is 17.5 Å². The van der Waals surface area contributed by atoms with Crippen molar-refractivity contribution in [1.29, 1.82) is 0 Å². The second-order valence-electron chi connectivity index (χ2n) is 5.43. The maximum absolute atomic E-state index is 13.0. The molecule has 0 amide bonds. The maximum atomic E-state index is 13.0. The number of anilines is 1. The number of halogens is 1. The molecule has 1 aromatic rings. The third-order valence-electron chi connectivity index (χ3n) is 4.01. The molecule has 0 radical (unpaired) electrons. The Hall–Kier alpha value is -1.14. The van der Waals surface area contributed by atoms with Crippen molar-refractivity contribution in [3.05, 3.63) is 24.0 Å². The molecule has 0 atom stereocenters. The number of nitrogen functional groups attached to an aromatic ring is 1. The zero-order valence-electron chi connectivity index (χ0n) is 11.6. The second-order valence-corrected chi connectivity index (χ2v) is 7.11. The van der Waals surface area contributed by atoms with Gasteiger partial charge in [-0.1, -0.05) is 13.3 Å². The molecular weight excluding hydrogens is 279 g/mol. The van der Waals surface area contributed by atoms with Gasteiger partial charge in [-0.2, -0.15) is 0 Å². The standard InChI is InChI=1S/C14H21FN2O2S/c1-2-10-3-6-12(7-4-10)17-20(18,19)14-8-5-11(15)9-13(14)16/h5,8-10,12,17H,2-4,6-7,16H2,1H3. The highest BCUT2D eigenvalue weighted by Gasteiger charge is 2.26. The first-order valence-electron chi connectivity index (χ1n) is 6.99. The molecule has 20 heavy (non-hydrogen) atoms. The van der Waals surface area contributed by atoms with Crippen LogP contribution in [0.5, 0.6) is 0 Å². The van der Waals surface area contributed by atoms with E-state index in [2.05, 4.69) is 11.6 Å². The molecule has 1 aromatic carbocycles. The Morgan fingerprint density at radius 3 is 2.50 bits per heavy atom. The largest absolute Gasteiger partial charge is 0.398 e. The van der Waals surface area contributed by atoms with Crippen LogP contribution in [0.1, 0.15) is 39.0 Å². The Bertz CT molecular complexity index is 567. The van der Waals surface area contributed by atoms with Crippen molar-refractivity contribution in [3.63, 3.8) is 0 Å². The molecule has 0 heterocycles. The van der Waals surface area contributed by atoms with E-state index < -0.39 is 15.8 Å². The van der Waals surface area contributed by atoms with E-state index >= 15 is 0 Å². The number of hydrogen-bond donors (Lipinski definition) is 2. The van der Waals surface area contributed by atoms with Crippen LogP contribution in [-0.2, 0) is 10.0 Å². The molecule has 0 saturated heterocycles. The molecule has 4 nitrogen and oxygen atoms in total. The fourth-order valence-corrected chi connectivity index (χ4v) is 4.15. The van der Waals surface area contributed by atoms with Crippen LogP contribution in [0.4, 0.5) is 10.1 Å². The van der Waals surface area contributed by atoms with Gasteiger partial charge in [0.25, 0.3) is 0 Å². The van der Waals surface area contributed by atoms with Crippen LogP contribution in [0.15, 0.2) is 23.1 Å². The van der Waals surface area contributed by atoms with Crippen LogP contribution >= 0.6 is 0 Å². The van der Waals surface area contributed by atoms with Crippen LogP contribution < -0.4 is 10.5 Å². The molecule has 0 aromatic heterocycles. The fourth-order valence-electron chi connectivity index (χ4n) is 2.74. The van der Waals surface area contributed by atoms with Crippen molar-refractivity contribution in [3.8, 4) is 0 Å². The molecule has 1 fully saturated rings. The molecule has 0 bridgehead atoms. The normalized spacial score (nSPS) is 23.7. The van der Waals surface area contributed by atoms with Crippen molar-refractivity contribution < 1.29 is 12.8 Å².